The maximum absolute atomic E-state index is 12.4. The fourth-order valence-electron chi connectivity index (χ4n) is 2.89. The van der Waals surface area contributed by atoms with Crippen molar-refractivity contribution in [2.45, 2.75) is 51.7 Å². The normalized spacial score (nSPS) is 23.1. The summed E-state index contributed by atoms with van der Waals surface area (Å²) in [5.41, 5.74) is 1.02. The van der Waals surface area contributed by atoms with Crippen molar-refractivity contribution < 1.29 is 4.79 Å². The number of nitrogens with zero attached hydrogens (tertiary/aromatic N) is 1. The number of carbonyl (C=O) groups excluding carboxylic acids is 1. The Bertz CT molecular complexity index is 419. The van der Waals surface area contributed by atoms with E-state index in [1.165, 1.54) is 0 Å². The Kier molecular flexibility index (Phi) is 2.66. The molecule has 1 atom stereocenters. The fraction of sp³-hybridized carbons (Fsp3) is 0.533. The first-order chi connectivity index (χ1) is 7.80. The first-order valence-electron chi connectivity index (χ1n) is 6.19. The Labute approximate surface area is 104 Å². The van der Waals surface area contributed by atoms with Crippen LogP contribution in [0, 0.1) is 0 Å². The highest BCUT2D eigenvalue weighted by molar-refractivity contribution is 6.00. The lowest BCUT2D eigenvalue weighted by Crippen LogP contribution is -2.30. The topological polar surface area (TPSA) is 20.1 Å². The van der Waals surface area contributed by atoms with Gasteiger partial charge < -0.3 is 0 Å². The van der Waals surface area contributed by atoms with Crippen molar-refractivity contribution >= 4 is 5.78 Å². The molecule has 1 heterocycles. The minimum absolute atomic E-state index is 0.0533. The summed E-state index contributed by atoms with van der Waals surface area (Å²) in [7, 11) is 0. The average molecular weight is 231 g/mol. The molecule has 0 spiro atoms. The van der Waals surface area contributed by atoms with Gasteiger partial charge in [0.2, 0.25) is 0 Å². The Hall–Kier alpha value is -1.15. The van der Waals surface area contributed by atoms with Crippen LogP contribution in [0.25, 0.3) is 0 Å². The first kappa shape index (κ1) is 12.3. The van der Waals surface area contributed by atoms with Crippen molar-refractivity contribution in [2.75, 3.05) is 0 Å². The molecule has 1 unspecified atom stereocenters. The van der Waals surface area contributed by atoms with E-state index in [0.717, 1.165) is 5.56 Å². The summed E-state index contributed by atoms with van der Waals surface area (Å²) in [6.45, 7) is 10.8. The van der Waals surface area contributed by atoms with Gasteiger partial charge in [-0.1, -0.05) is 30.3 Å². The van der Waals surface area contributed by atoms with Crippen molar-refractivity contribution in [1.82, 2.24) is 4.90 Å². The summed E-state index contributed by atoms with van der Waals surface area (Å²) < 4.78 is 0. The molecule has 2 heteroatoms. The molecule has 1 saturated heterocycles. The monoisotopic (exact) mass is 231 g/mol. The largest absolute Gasteiger partial charge is 0.292 e. The van der Waals surface area contributed by atoms with E-state index in [2.05, 4.69) is 32.6 Å². The summed E-state index contributed by atoms with van der Waals surface area (Å²) in [6.07, 6.45) is 0. The van der Waals surface area contributed by atoms with E-state index in [0.29, 0.717) is 0 Å². The zero-order chi connectivity index (χ0) is 12.8. The van der Waals surface area contributed by atoms with Crippen LogP contribution >= 0.6 is 0 Å². The van der Waals surface area contributed by atoms with Crippen LogP contribution in [-0.4, -0.2) is 27.8 Å². The first-order valence-corrected chi connectivity index (χ1v) is 6.19. The van der Waals surface area contributed by atoms with Crippen LogP contribution < -0.4 is 0 Å². The van der Waals surface area contributed by atoms with E-state index < -0.39 is 0 Å². The molecule has 1 aromatic carbocycles. The number of hydrogen-bond donors (Lipinski definition) is 0. The van der Waals surface area contributed by atoms with Gasteiger partial charge in [-0.25, -0.2) is 0 Å². The number of ketones is 1. The van der Waals surface area contributed by atoms with Crippen molar-refractivity contribution in [2.24, 2.45) is 0 Å². The third-order valence-electron chi connectivity index (χ3n) is 4.48. The van der Waals surface area contributed by atoms with Crippen LogP contribution in [-0.2, 0) is 0 Å². The zero-order valence-corrected chi connectivity index (χ0v) is 11.3. The molecule has 92 valence electrons. The van der Waals surface area contributed by atoms with Gasteiger partial charge in [0.05, 0.1) is 6.04 Å². The predicted octanol–water partition coefficient (Wildman–Crippen LogP) is 3.13. The van der Waals surface area contributed by atoms with Crippen LogP contribution in [0.2, 0.25) is 0 Å². The quantitative estimate of drug-likeness (QED) is 0.588. The van der Waals surface area contributed by atoms with Crippen LogP contribution in [0.3, 0.4) is 0 Å². The standard InChI is InChI=1S/C15H21NO/c1-11(16-14(2,3)15(16,4)5)13(17)12-9-7-6-8-10-12/h6-11H,1-5H3. The summed E-state index contributed by atoms with van der Waals surface area (Å²) in [6, 6.07) is 9.50. The minimum atomic E-state index is -0.0533. The second kappa shape index (κ2) is 3.67. The molecule has 0 amide bonds. The number of hydrogen-bond acceptors (Lipinski definition) is 2. The van der Waals surface area contributed by atoms with Gasteiger partial charge in [-0.2, -0.15) is 0 Å². The number of benzene rings is 1. The lowest BCUT2D eigenvalue weighted by Gasteiger charge is -2.16. The van der Waals surface area contributed by atoms with Gasteiger partial charge in [0.15, 0.2) is 5.78 Å². The van der Waals surface area contributed by atoms with Crippen LogP contribution in [0.1, 0.15) is 45.0 Å². The molecule has 0 N–H and O–H groups in total. The molecule has 1 aromatic rings. The highest BCUT2D eigenvalue weighted by atomic mass is 16.1. The molecule has 0 saturated carbocycles. The Morgan fingerprint density at radius 2 is 1.53 bits per heavy atom. The van der Waals surface area contributed by atoms with Gasteiger partial charge in [-0.05, 0) is 34.6 Å². The highest BCUT2D eigenvalue weighted by Crippen LogP contribution is 2.52. The van der Waals surface area contributed by atoms with E-state index >= 15 is 0 Å². The summed E-state index contributed by atoms with van der Waals surface area (Å²) in [5, 5.41) is 0. The predicted molar refractivity (Wildman–Crippen MR) is 70.2 cm³/mol. The van der Waals surface area contributed by atoms with Crippen LogP contribution in [0.15, 0.2) is 30.3 Å². The maximum atomic E-state index is 12.4. The van der Waals surface area contributed by atoms with Gasteiger partial charge in [-0.3, -0.25) is 9.69 Å². The molecular formula is C15H21NO. The van der Waals surface area contributed by atoms with E-state index in [1.807, 2.05) is 37.3 Å². The van der Waals surface area contributed by atoms with Crippen molar-refractivity contribution in [3.05, 3.63) is 35.9 Å². The Balaban J connectivity index is 2.19. The molecule has 1 fully saturated rings. The zero-order valence-electron chi connectivity index (χ0n) is 11.3. The number of carbonyl (C=O) groups is 1. The fourth-order valence-corrected chi connectivity index (χ4v) is 2.89. The Morgan fingerprint density at radius 1 is 1.06 bits per heavy atom. The molecular weight excluding hydrogens is 210 g/mol. The maximum Gasteiger partial charge on any atom is 0.179 e. The lowest BCUT2D eigenvalue weighted by atomic mass is 10.0. The molecule has 2 rings (SSSR count). The molecule has 0 aromatic heterocycles. The third kappa shape index (κ3) is 1.71. The second-order valence-corrected chi connectivity index (χ2v) is 5.89. The smallest absolute Gasteiger partial charge is 0.179 e. The number of Topliss-reactive ketones (excluding diaryl/α,β-unsaturated/α-hetero) is 1. The SMILES string of the molecule is CC(C(=O)c1ccccc1)N1C(C)(C)C1(C)C. The highest BCUT2D eigenvalue weighted by Gasteiger charge is 2.65. The summed E-state index contributed by atoms with van der Waals surface area (Å²) in [4.78, 5) is 14.6. The minimum Gasteiger partial charge on any atom is -0.292 e. The molecule has 1 aliphatic rings. The van der Waals surface area contributed by atoms with Crippen LogP contribution in [0.4, 0.5) is 0 Å². The van der Waals surface area contributed by atoms with E-state index in [9.17, 15) is 4.79 Å². The number of rotatable bonds is 3. The molecule has 1 aliphatic heterocycles. The van der Waals surface area contributed by atoms with E-state index in [-0.39, 0.29) is 22.9 Å². The summed E-state index contributed by atoms with van der Waals surface area (Å²) in [5.74, 6) is 0.212. The van der Waals surface area contributed by atoms with Gasteiger partial charge in [0.25, 0.3) is 0 Å². The average Bonchev–Trinajstić information content (AvgIpc) is 2.69. The molecule has 17 heavy (non-hydrogen) atoms. The Morgan fingerprint density at radius 3 is 1.94 bits per heavy atom. The molecule has 0 aliphatic carbocycles. The van der Waals surface area contributed by atoms with Crippen molar-refractivity contribution in [3.63, 3.8) is 0 Å². The lowest BCUT2D eigenvalue weighted by molar-refractivity contribution is 0.0897. The third-order valence-corrected chi connectivity index (χ3v) is 4.48. The molecule has 0 bridgehead atoms. The molecule has 2 nitrogen and oxygen atoms in total. The van der Waals surface area contributed by atoms with E-state index in [4.69, 9.17) is 0 Å². The summed E-state index contributed by atoms with van der Waals surface area (Å²) >= 11 is 0. The molecule has 0 radical (unpaired) electrons. The van der Waals surface area contributed by atoms with E-state index in [1.54, 1.807) is 0 Å². The van der Waals surface area contributed by atoms with Crippen molar-refractivity contribution in [3.8, 4) is 0 Å². The van der Waals surface area contributed by atoms with Crippen LogP contribution in [0.5, 0.6) is 0 Å². The van der Waals surface area contributed by atoms with Crippen molar-refractivity contribution in [1.29, 1.82) is 0 Å². The van der Waals surface area contributed by atoms with Gasteiger partial charge in [0.1, 0.15) is 0 Å². The second-order valence-electron chi connectivity index (χ2n) is 5.89. The van der Waals surface area contributed by atoms with Gasteiger partial charge >= 0.3 is 0 Å². The van der Waals surface area contributed by atoms with Gasteiger partial charge in [-0.15, -0.1) is 0 Å². The van der Waals surface area contributed by atoms with Gasteiger partial charge in [0, 0.05) is 16.6 Å².